The first-order chi connectivity index (χ1) is 14.4. The molecule has 1 aliphatic carbocycles. The predicted octanol–water partition coefficient (Wildman–Crippen LogP) is 5.61. The lowest BCUT2D eigenvalue weighted by Gasteiger charge is -2.41. The third-order valence-corrected chi connectivity index (χ3v) is 6.54. The topological polar surface area (TPSA) is 30.5 Å². The molecule has 3 fully saturated rings. The lowest BCUT2D eigenvalue weighted by molar-refractivity contribution is -0.137. The molecule has 1 saturated carbocycles. The molecule has 2 aromatic rings. The Hall–Kier alpha value is -2.05. The van der Waals surface area contributed by atoms with Gasteiger partial charge in [0.05, 0.1) is 29.9 Å². The fourth-order valence-electron chi connectivity index (χ4n) is 4.92. The maximum absolute atomic E-state index is 13.4. The van der Waals surface area contributed by atoms with Crippen LogP contribution in [0.25, 0.3) is 0 Å². The Bertz CT molecular complexity index is 897. The van der Waals surface area contributed by atoms with Gasteiger partial charge in [-0.15, -0.1) is 0 Å². The quantitative estimate of drug-likeness (QED) is 0.701. The second kappa shape index (κ2) is 7.57. The summed E-state index contributed by atoms with van der Waals surface area (Å²) in [4.78, 5) is 0. The van der Waals surface area contributed by atoms with E-state index in [-0.39, 0.29) is 18.1 Å². The molecule has 2 aliphatic heterocycles. The Kier molecular flexibility index (Phi) is 5.02. The zero-order valence-corrected chi connectivity index (χ0v) is 16.8. The Morgan fingerprint density at radius 1 is 1.07 bits per heavy atom. The van der Waals surface area contributed by atoms with Gasteiger partial charge in [-0.05, 0) is 62.4 Å². The average Bonchev–Trinajstić information content (AvgIpc) is 3.47. The van der Waals surface area contributed by atoms with Crippen LogP contribution in [0.4, 0.5) is 13.2 Å². The van der Waals surface area contributed by atoms with E-state index in [1.165, 1.54) is 12.1 Å². The molecule has 2 heterocycles. The van der Waals surface area contributed by atoms with Gasteiger partial charge in [0.2, 0.25) is 0 Å². The third-order valence-electron chi connectivity index (χ3n) is 6.54. The van der Waals surface area contributed by atoms with Crippen LogP contribution in [0, 0.1) is 0 Å². The maximum atomic E-state index is 13.4. The van der Waals surface area contributed by atoms with Crippen LogP contribution in [0.3, 0.4) is 0 Å². The number of ether oxygens (including phenoxy) is 2. The number of hydrogen-bond donors (Lipinski definition) is 1. The third kappa shape index (κ3) is 3.83. The summed E-state index contributed by atoms with van der Waals surface area (Å²) in [5.41, 5.74) is 0.764. The lowest BCUT2D eigenvalue weighted by Crippen LogP contribution is -2.48. The molecule has 3 aliphatic rings. The van der Waals surface area contributed by atoms with Crippen molar-refractivity contribution in [2.75, 3.05) is 13.2 Å². The molecule has 3 nitrogen and oxygen atoms in total. The van der Waals surface area contributed by atoms with Crippen molar-refractivity contribution in [1.82, 2.24) is 5.32 Å². The summed E-state index contributed by atoms with van der Waals surface area (Å²) in [6, 6.07) is 14.1. The van der Waals surface area contributed by atoms with Crippen molar-refractivity contribution in [2.45, 2.75) is 61.9 Å². The second-order valence-corrected chi connectivity index (χ2v) is 8.75. The molecule has 30 heavy (non-hydrogen) atoms. The molecule has 1 spiro atoms. The van der Waals surface area contributed by atoms with Crippen molar-refractivity contribution in [1.29, 1.82) is 0 Å². The fraction of sp³-hybridized carbons (Fsp3) is 0.500. The van der Waals surface area contributed by atoms with E-state index < -0.39 is 17.3 Å². The molecule has 0 aromatic heterocycles. The first kappa shape index (κ1) is 19.9. The van der Waals surface area contributed by atoms with Crippen molar-refractivity contribution in [2.24, 2.45) is 0 Å². The highest BCUT2D eigenvalue weighted by Crippen LogP contribution is 2.50. The molecule has 2 aromatic carbocycles. The van der Waals surface area contributed by atoms with E-state index in [9.17, 15) is 13.2 Å². The highest BCUT2D eigenvalue weighted by Gasteiger charge is 2.49. The monoisotopic (exact) mass is 417 g/mol. The summed E-state index contributed by atoms with van der Waals surface area (Å²) < 4.78 is 52.6. The van der Waals surface area contributed by atoms with E-state index in [0.29, 0.717) is 24.3 Å². The summed E-state index contributed by atoms with van der Waals surface area (Å²) >= 11 is 0. The summed E-state index contributed by atoms with van der Waals surface area (Å²) in [5, 5.41) is 3.60. The summed E-state index contributed by atoms with van der Waals surface area (Å²) in [6.07, 6.45) is 0.255. The molecular weight excluding hydrogens is 391 g/mol. The zero-order valence-electron chi connectivity index (χ0n) is 16.8. The van der Waals surface area contributed by atoms with E-state index in [2.05, 4.69) is 17.4 Å². The molecular formula is C24H26F3NO2. The van der Waals surface area contributed by atoms with Crippen LogP contribution in [0.1, 0.15) is 60.8 Å². The van der Waals surface area contributed by atoms with E-state index in [1.54, 1.807) is 0 Å². The number of alkyl halides is 3. The van der Waals surface area contributed by atoms with Gasteiger partial charge in [-0.3, -0.25) is 0 Å². The minimum Gasteiger partial charge on any atom is -0.490 e. The molecule has 3 atom stereocenters. The molecule has 5 rings (SSSR count). The predicted molar refractivity (Wildman–Crippen MR) is 108 cm³/mol. The summed E-state index contributed by atoms with van der Waals surface area (Å²) in [5.74, 6) is 0.461. The Morgan fingerprint density at radius 3 is 2.60 bits per heavy atom. The van der Waals surface area contributed by atoms with Gasteiger partial charge >= 0.3 is 6.18 Å². The van der Waals surface area contributed by atoms with Crippen LogP contribution in [0.15, 0.2) is 48.5 Å². The smallest absolute Gasteiger partial charge is 0.416 e. The van der Waals surface area contributed by atoms with Crippen molar-refractivity contribution in [3.8, 4) is 5.75 Å². The summed E-state index contributed by atoms with van der Waals surface area (Å²) in [6.45, 7) is 1.32. The first-order valence-electron chi connectivity index (χ1n) is 10.7. The van der Waals surface area contributed by atoms with Crippen LogP contribution in [-0.4, -0.2) is 24.9 Å². The zero-order chi connectivity index (χ0) is 20.8. The van der Waals surface area contributed by atoms with Gasteiger partial charge in [0, 0.05) is 11.5 Å². The molecule has 0 radical (unpaired) electrons. The molecule has 2 saturated heterocycles. The van der Waals surface area contributed by atoms with Gasteiger partial charge in [0.15, 0.2) is 0 Å². The number of benzene rings is 2. The first-order valence-corrected chi connectivity index (χ1v) is 10.7. The number of piperidine rings is 1. The number of rotatable bonds is 4. The Balaban J connectivity index is 1.47. The maximum Gasteiger partial charge on any atom is 0.416 e. The Morgan fingerprint density at radius 2 is 1.87 bits per heavy atom. The highest BCUT2D eigenvalue weighted by molar-refractivity contribution is 5.42. The van der Waals surface area contributed by atoms with Crippen LogP contribution in [-0.2, 0) is 10.9 Å². The number of hydrogen-bond acceptors (Lipinski definition) is 3. The van der Waals surface area contributed by atoms with Crippen molar-refractivity contribution in [3.63, 3.8) is 0 Å². The SMILES string of the molecule is FC(F)(F)c1ccc(OC2CC2)c([C@H]2CO[C@]3(CCCN[C@H]3c3ccccc3)C2)c1. The molecule has 6 heteroatoms. The van der Waals surface area contributed by atoms with E-state index in [4.69, 9.17) is 9.47 Å². The molecule has 0 bridgehead atoms. The Labute approximate surface area is 174 Å². The highest BCUT2D eigenvalue weighted by atomic mass is 19.4. The van der Waals surface area contributed by atoms with Crippen molar-refractivity contribution < 1.29 is 22.6 Å². The van der Waals surface area contributed by atoms with Gasteiger partial charge in [0.25, 0.3) is 0 Å². The molecule has 0 unspecified atom stereocenters. The average molecular weight is 417 g/mol. The van der Waals surface area contributed by atoms with Gasteiger partial charge < -0.3 is 14.8 Å². The normalized spacial score (nSPS) is 29.3. The van der Waals surface area contributed by atoms with Crippen molar-refractivity contribution >= 4 is 0 Å². The second-order valence-electron chi connectivity index (χ2n) is 8.75. The molecule has 0 amide bonds. The van der Waals surface area contributed by atoms with Crippen LogP contribution in [0.5, 0.6) is 5.75 Å². The van der Waals surface area contributed by atoms with Crippen molar-refractivity contribution in [3.05, 3.63) is 65.2 Å². The number of halogens is 3. The fourth-order valence-corrected chi connectivity index (χ4v) is 4.92. The van der Waals surface area contributed by atoms with E-state index in [1.807, 2.05) is 18.2 Å². The van der Waals surface area contributed by atoms with E-state index in [0.717, 1.165) is 43.9 Å². The minimum absolute atomic E-state index is 0.0380. The molecule has 1 N–H and O–H groups in total. The van der Waals surface area contributed by atoms with Crippen LogP contribution in [0.2, 0.25) is 0 Å². The minimum atomic E-state index is -4.37. The van der Waals surface area contributed by atoms with Crippen LogP contribution < -0.4 is 10.1 Å². The summed E-state index contributed by atoms with van der Waals surface area (Å²) in [7, 11) is 0. The van der Waals surface area contributed by atoms with Gasteiger partial charge in [-0.2, -0.15) is 13.2 Å². The molecule has 160 valence electrons. The number of nitrogens with one attached hydrogen (secondary N) is 1. The van der Waals surface area contributed by atoms with Gasteiger partial charge in [-0.1, -0.05) is 30.3 Å². The van der Waals surface area contributed by atoms with Gasteiger partial charge in [-0.25, -0.2) is 0 Å². The standard InChI is InChI=1S/C24H26F3NO2/c25-24(26,27)18-7-10-21(30-19-8-9-19)20(13-18)17-14-23(29-15-17)11-4-12-28-22(23)16-5-2-1-3-6-16/h1-3,5-7,10,13,17,19,22,28H,4,8-9,11-12,14-15H2/t17-,22+,23-/m1/s1. The van der Waals surface area contributed by atoms with Gasteiger partial charge in [0.1, 0.15) is 5.75 Å². The lowest BCUT2D eigenvalue weighted by atomic mass is 9.76. The van der Waals surface area contributed by atoms with Crippen LogP contribution >= 0.6 is 0 Å². The van der Waals surface area contributed by atoms with E-state index >= 15 is 0 Å². The largest absolute Gasteiger partial charge is 0.490 e.